The summed E-state index contributed by atoms with van der Waals surface area (Å²) in [5.41, 5.74) is 8.99. The summed E-state index contributed by atoms with van der Waals surface area (Å²) in [6, 6.07) is 10.3. The summed E-state index contributed by atoms with van der Waals surface area (Å²) < 4.78 is 5.20. The summed E-state index contributed by atoms with van der Waals surface area (Å²) in [7, 11) is -2.13. The lowest BCUT2D eigenvalue weighted by Crippen LogP contribution is -2.44. The van der Waals surface area contributed by atoms with Crippen LogP contribution in [0.3, 0.4) is 0 Å². The molecule has 4 heteroatoms. The van der Waals surface area contributed by atoms with Crippen molar-refractivity contribution in [2.45, 2.75) is 87.1 Å². The van der Waals surface area contributed by atoms with Crippen LogP contribution in [0.15, 0.2) is 36.4 Å². The summed E-state index contributed by atoms with van der Waals surface area (Å²) in [5, 5.41) is 3.21. The molecule has 2 aromatic carbocycles. The van der Waals surface area contributed by atoms with Gasteiger partial charge < -0.3 is 4.74 Å². The lowest BCUT2D eigenvalue weighted by molar-refractivity contribution is -0.138. The summed E-state index contributed by atoms with van der Waals surface area (Å²) in [5.74, 6) is -0.280. The molecule has 0 aliphatic heterocycles. The van der Waals surface area contributed by atoms with Crippen molar-refractivity contribution in [3.63, 3.8) is 0 Å². The van der Waals surface area contributed by atoms with Crippen molar-refractivity contribution in [2.75, 3.05) is 6.61 Å². The van der Waals surface area contributed by atoms with Gasteiger partial charge in [-0.1, -0.05) is 107 Å². The summed E-state index contributed by atoms with van der Waals surface area (Å²) in [6.07, 6.45) is 0.922. The number of carbonyl (C=O) groups excluding carboxylic acids is 1. The van der Waals surface area contributed by atoms with E-state index >= 15 is 0 Å². The van der Waals surface area contributed by atoms with Gasteiger partial charge in [-0.15, -0.1) is 0 Å². The Bertz CT molecular complexity index is 941. The summed E-state index contributed by atoms with van der Waals surface area (Å²) >= 11 is 0. The van der Waals surface area contributed by atoms with Crippen molar-refractivity contribution >= 4 is 33.2 Å². The first-order valence-electron chi connectivity index (χ1n) is 12.2. The third-order valence-corrected chi connectivity index (χ3v) is 12.0. The second kappa shape index (κ2) is 12.5. The Labute approximate surface area is 206 Å². The maximum atomic E-state index is 11.4. The van der Waals surface area contributed by atoms with Gasteiger partial charge in [0, 0.05) is 5.57 Å². The average Bonchev–Trinajstić information content (AvgIpc) is 2.63. The molecular formula is C29H46O2Si2. The standard InChI is InChI=1S/C18H28O2Si.C11H18Si/c1-13(2)18(19)20-9-8-10-21(6,7)17-15(4)11-14(3)12-16(17)5;1-8-6-9(2)11(12(4)5)10(3)7-8/h11-12H,1,8-10H2,2-7H3;6-7,12H,1-5H3. The number of carbonyl (C=O) groups is 1. The third-order valence-electron chi connectivity index (χ3n) is 6.20. The first kappa shape index (κ1) is 29.1. The zero-order valence-corrected chi connectivity index (χ0v) is 25.2. The molecule has 0 N–H and O–H groups in total. The van der Waals surface area contributed by atoms with Gasteiger partial charge in [-0.2, -0.15) is 0 Å². The van der Waals surface area contributed by atoms with Gasteiger partial charge in [-0.3, -0.25) is 0 Å². The fourth-order valence-electron chi connectivity index (χ4n) is 5.28. The number of aryl methyl sites for hydroxylation is 6. The molecule has 33 heavy (non-hydrogen) atoms. The lowest BCUT2D eigenvalue weighted by Gasteiger charge is -2.27. The second-order valence-electron chi connectivity index (χ2n) is 10.6. The zero-order chi connectivity index (χ0) is 25.5. The average molecular weight is 483 g/mol. The van der Waals surface area contributed by atoms with E-state index in [1.807, 2.05) is 0 Å². The van der Waals surface area contributed by atoms with E-state index in [9.17, 15) is 4.79 Å². The highest BCUT2D eigenvalue weighted by atomic mass is 28.3. The molecular weight excluding hydrogens is 436 g/mol. The molecule has 0 heterocycles. The largest absolute Gasteiger partial charge is 0.462 e. The molecule has 2 aromatic rings. The van der Waals surface area contributed by atoms with E-state index in [0.29, 0.717) is 12.2 Å². The quantitative estimate of drug-likeness (QED) is 0.199. The lowest BCUT2D eigenvalue weighted by atomic mass is 10.1. The van der Waals surface area contributed by atoms with E-state index in [-0.39, 0.29) is 5.97 Å². The SMILES string of the molecule is C=C(C)C(=O)OCCC[Si](C)(C)c1c(C)cc(C)cc1C.Cc1cc(C)c([SiH](C)C)c(C)c1. The van der Waals surface area contributed by atoms with Gasteiger partial charge in [0.25, 0.3) is 0 Å². The molecule has 0 fully saturated rings. The Kier molecular flexibility index (Phi) is 11.0. The van der Waals surface area contributed by atoms with Gasteiger partial charge in [0.1, 0.15) is 0 Å². The number of rotatable bonds is 7. The van der Waals surface area contributed by atoms with Crippen LogP contribution >= 0.6 is 0 Å². The number of benzene rings is 2. The van der Waals surface area contributed by atoms with Crippen LogP contribution in [0.2, 0.25) is 32.2 Å². The molecule has 0 amide bonds. The molecule has 0 saturated carbocycles. The molecule has 182 valence electrons. The fraction of sp³-hybridized carbons (Fsp3) is 0.483. The molecule has 0 atom stereocenters. The number of esters is 1. The van der Waals surface area contributed by atoms with Crippen LogP contribution in [0, 0.1) is 41.5 Å². The van der Waals surface area contributed by atoms with E-state index in [0.717, 1.165) is 12.5 Å². The van der Waals surface area contributed by atoms with Gasteiger partial charge in [-0.05, 0) is 54.9 Å². The van der Waals surface area contributed by atoms with E-state index in [2.05, 4.69) is 98.6 Å². The number of ether oxygens (including phenoxy) is 1. The predicted molar refractivity (Wildman–Crippen MR) is 152 cm³/mol. The molecule has 0 spiro atoms. The van der Waals surface area contributed by atoms with Gasteiger partial charge >= 0.3 is 5.97 Å². The molecule has 0 saturated heterocycles. The summed E-state index contributed by atoms with van der Waals surface area (Å²) in [4.78, 5) is 11.4. The Morgan fingerprint density at radius 1 is 0.879 bits per heavy atom. The first-order chi connectivity index (χ1) is 15.2. The Morgan fingerprint density at radius 2 is 1.30 bits per heavy atom. The smallest absolute Gasteiger partial charge is 0.333 e. The minimum Gasteiger partial charge on any atom is -0.462 e. The van der Waals surface area contributed by atoms with Crippen molar-refractivity contribution < 1.29 is 9.53 Å². The normalized spacial score (nSPS) is 11.2. The van der Waals surface area contributed by atoms with Crippen molar-refractivity contribution in [2.24, 2.45) is 0 Å². The fourth-order valence-corrected chi connectivity index (χ4v) is 10.8. The van der Waals surface area contributed by atoms with Gasteiger partial charge in [-0.25, -0.2) is 4.79 Å². The molecule has 2 nitrogen and oxygen atoms in total. The van der Waals surface area contributed by atoms with Crippen molar-refractivity contribution in [3.05, 3.63) is 69.8 Å². The van der Waals surface area contributed by atoms with Crippen LogP contribution in [0.4, 0.5) is 0 Å². The van der Waals surface area contributed by atoms with Crippen LogP contribution in [-0.4, -0.2) is 29.4 Å². The van der Waals surface area contributed by atoms with Crippen LogP contribution < -0.4 is 10.4 Å². The minimum absolute atomic E-state index is 0.280. The predicted octanol–water partition coefficient (Wildman–Crippen LogP) is 6.34. The maximum Gasteiger partial charge on any atom is 0.333 e. The molecule has 0 aliphatic carbocycles. The molecule has 2 rings (SSSR count). The number of hydrogen-bond acceptors (Lipinski definition) is 2. The van der Waals surface area contributed by atoms with Crippen LogP contribution in [0.5, 0.6) is 0 Å². The van der Waals surface area contributed by atoms with Crippen LogP contribution in [0.25, 0.3) is 0 Å². The molecule has 0 unspecified atom stereocenters. The van der Waals surface area contributed by atoms with E-state index in [1.165, 1.54) is 33.4 Å². The van der Waals surface area contributed by atoms with Crippen molar-refractivity contribution in [1.29, 1.82) is 0 Å². The highest BCUT2D eigenvalue weighted by Gasteiger charge is 2.26. The monoisotopic (exact) mass is 482 g/mol. The van der Waals surface area contributed by atoms with Crippen LogP contribution in [-0.2, 0) is 9.53 Å². The zero-order valence-electron chi connectivity index (χ0n) is 23.0. The van der Waals surface area contributed by atoms with E-state index < -0.39 is 16.9 Å². The highest BCUT2D eigenvalue weighted by molar-refractivity contribution is 6.90. The van der Waals surface area contributed by atoms with Crippen molar-refractivity contribution in [1.82, 2.24) is 0 Å². The molecule has 0 aliphatic rings. The van der Waals surface area contributed by atoms with Crippen molar-refractivity contribution in [3.8, 4) is 0 Å². The van der Waals surface area contributed by atoms with E-state index in [1.54, 1.807) is 17.3 Å². The van der Waals surface area contributed by atoms with Crippen LogP contribution in [0.1, 0.15) is 46.7 Å². The minimum atomic E-state index is -1.50. The van der Waals surface area contributed by atoms with Gasteiger partial charge in [0.2, 0.25) is 0 Å². The topological polar surface area (TPSA) is 26.3 Å². The van der Waals surface area contributed by atoms with Gasteiger partial charge in [0.15, 0.2) is 0 Å². The maximum absolute atomic E-state index is 11.4. The number of hydrogen-bond donors (Lipinski definition) is 0. The Balaban J connectivity index is 0.000000383. The Hall–Kier alpha value is -1.92. The summed E-state index contributed by atoms with van der Waals surface area (Å²) in [6.45, 7) is 28.6. The highest BCUT2D eigenvalue weighted by Crippen LogP contribution is 2.18. The molecule has 0 aromatic heterocycles. The Morgan fingerprint density at radius 3 is 1.70 bits per heavy atom. The van der Waals surface area contributed by atoms with E-state index in [4.69, 9.17) is 4.74 Å². The third kappa shape index (κ3) is 8.75. The molecule has 0 radical (unpaired) electrons. The second-order valence-corrected chi connectivity index (χ2v) is 18.3. The van der Waals surface area contributed by atoms with Gasteiger partial charge in [0.05, 0.1) is 23.5 Å². The first-order valence-corrected chi connectivity index (χ1v) is 18.3. The molecule has 0 bridgehead atoms.